The van der Waals surface area contributed by atoms with Crippen LogP contribution in [0, 0.1) is 0 Å². The van der Waals surface area contributed by atoms with Crippen molar-refractivity contribution in [2.45, 2.75) is 32.6 Å². The molecule has 0 unspecified atom stereocenters. The predicted molar refractivity (Wildman–Crippen MR) is 46.5 cm³/mol. The van der Waals surface area contributed by atoms with E-state index < -0.39 is 5.97 Å². The first kappa shape index (κ1) is 9.77. The molecule has 72 valence electrons. The third kappa shape index (κ3) is 3.27. The number of carboxylic acid groups (broad SMARTS) is 1. The van der Waals surface area contributed by atoms with Crippen molar-refractivity contribution in [1.29, 1.82) is 0 Å². The SMILES string of the molecule is CCCc1nc(CCC(=O)O)co1. The second kappa shape index (κ2) is 4.64. The fourth-order valence-electron chi connectivity index (χ4n) is 1.03. The van der Waals surface area contributed by atoms with Crippen LogP contribution in [-0.4, -0.2) is 16.1 Å². The van der Waals surface area contributed by atoms with E-state index in [1.807, 2.05) is 6.92 Å². The Hall–Kier alpha value is -1.32. The van der Waals surface area contributed by atoms with Gasteiger partial charge in [-0.05, 0) is 6.42 Å². The number of aryl methyl sites for hydroxylation is 2. The summed E-state index contributed by atoms with van der Waals surface area (Å²) in [4.78, 5) is 14.4. The number of aliphatic carboxylic acids is 1. The van der Waals surface area contributed by atoms with Crippen LogP contribution in [0.15, 0.2) is 10.7 Å². The molecular formula is C9H13NO3. The maximum atomic E-state index is 10.2. The number of rotatable bonds is 5. The average Bonchev–Trinajstić information content (AvgIpc) is 2.50. The van der Waals surface area contributed by atoms with Gasteiger partial charge in [0.05, 0.1) is 12.1 Å². The summed E-state index contributed by atoms with van der Waals surface area (Å²) in [6.45, 7) is 2.04. The number of oxazole rings is 1. The van der Waals surface area contributed by atoms with Crippen LogP contribution in [0.4, 0.5) is 0 Å². The van der Waals surface area contributed by atoms with Crippen LogP contribution in [0.3, 0.4) is 0 Å². The highest BCUT2D eigenvalue weighted by atomic mass is 16.4. The van der Waals surface area contributed by atoms with Crippen molar-refractivity contribution in [2.24, 2.45) is 0 Å². The standard InChI is InChI=1S/C9H13NO3/c1-2-3-8-10-7(6-13-8)4-5-9(11)12/h6H,2-5H2,1H3,(H,11,12). The first-order chi connectivity index (χ1) is 6.22. The minimum Gasteiger partial charge on any atom is -0.481 e. The topological polar surface area (TPSA) is 63.3 Å². The summed E-state index contributed by atoms with van der Waals surface area (Å²) < 4.78 is 5.13. The van der Waals surface area contributed by atoms with Gasteiger partial charge in [-0.3, -0.25) is 4.79 Å². The number of nitrogens with zero attached hydrogens (tertiary/aromatic N) is 1. The summed E-state index contributed by atoms with van der Waals surface area (Å²) >= 11 is 0. The van der Waals surface area contributed by atoms with E-state index >= 15 is 0 Å². The van der Waals surface area contributed by atoms with Gasteiger partial charge >= 0.3 is 5.97 Å². The van der Waals surface area contributed by atoms with E-state index in [4.69, 9.17) is 9.52 Å². The van der Waals surface area contributed by atoms with Gasteiger partial charge in [-0.2, -0.15) is 0 Å². The number of aromatic nitrogens is 1. The number of hydrogen-bond acceptors (Lipinski definition) is 3. The Labute approximate surface area is 76.6 Å². The monoisotopic (exact) mass is 183 g/mol. The Morgan fingerprint density at radius 3 is 3.00 bits per heavy atom. The summed E-state index contributed by atoms with van der Waals surface area (Å²) in [7, 11) is 0. The molecule has 0 atom stereocenters. The lowest BCUT2D eigenvalue weighted by Crippen LogP contribution is -1.97. The minimum atomic E-state index is -0.806. The zero-order chi connectivity index (χ0) is 9.68. The van der Waals surface area contributed by atoms with Gasteiger partial charge in [0.15, 0.2) is 5.89 Å². The normalized spacial score (nSPS) is 10.2. The Morgan fingerprint density at radius 2 is 2.38 bits per heavy atom. The highest BCUT2D eigenvalue weighted by Gasteiger charge is 2.04. The zero-order valence-corrected chi connectivity index (χ0v) is 7.62. The van der Waals surface area contributed by atoms with Gasteiger partial charge in [0.1, 0.15) is 6.26 Å². The smallest absolute Gasteiger partial charge is 0.303 e. The Bertz CT molecular complexity index is 280. The Kier molecular flexibility index (Phi) is 3.49. The fraction of sp³-hybridized carbons (Fsp3) is 0.556. The third-order valence-electron chi connectivity index (χ3n) is 1.66. The lowest BCUT2D eigenvalue weighted by Gasteiger charge is -1.89. The molecule has 0 saturated heterocycles. The number of hydrogen-bond donors (Lipinski definition) is 1. The molecule has 4 heteroatoms. The van der Waals surface area contributed by atoms with E-state index in [9.17, 15) is 4.79 Å². The van der Waals surface area contributed by atoms with Crippen molar-refractivity contribution in [2.75, 3.05) is 0 Å². The van der Waals surface area contributed by atoms with Gasteiger partial charge in [0.25, 0.3) is 0 Å². The molecule has 1 aromatic heterocycles. The molecule has 1 aromatic rings. The Morgan fingerprint density at radius 1 is 1.62 bits per heavy atom. The molecule has 0 aliphatic carbocycles. The van der Waals surface area contributed by atoms with Crippen LogP contribution in [0.5, 0.6) is 0 Å². The minimum absolute atomic E-state index is 0.109. The van der Waals surface area contributed by atoms with Crippen LogP contribution >= 0.6 is 0 Å². The van der Waals surface area contributed by atoms with Crippen LogP contribution in [0.1, 0.15) is 31.4 Å². The molecule has 1 heterocycles. The molecule has 0 bridgehead atoms. The molecular weight excluding hydrogens is 170 g/mol. The average molecular weight is 183 g/mol. The molecule has 13 heavy (non-hydrogen) atoms. The molecule has 1 N–H and O–H groups in total. The lowest BCUT2D eigenvalue weighted by atomic mass is 10.2. The first-order valence-electron chi connectivity index (χ1n) is 4.37. The summed E-state index contributed by atoms with van der Waals surface area (Å²) in [5.41, 5.74) is 0.728. The number of carboxylic acids is 1. The molecule has 0 aliphatic rings. The maximum Gasteiger partial charge on any atom is 0.303 e. The largest absolute Gasteiger partial charge is 0.481 e. The van der Waals surface area contributed by atoms with Crippen molar-refractivity contribution < 1.29 is 14.3 Å². The van der Waals surface area contributed by atoms with Crippen LogP contribution in [0.2, 0.25) is 0 Å². The van der Waals surface area contributed by atoms with E-state index in [2.05, 4.69) is 4.98 Å². The Balaban J connectivity index is 2.44. The molecule has 1 rings (SSSR count). The summed E-state index contributed by atoms with van der Waals surface area (Å²) in [6, 6.07) is 0. The van der Waals surface area contributed by atoms with Crippen LogP contribution in [-0.2, 0) is 17.6 Å². The lowest BCUT2D eigenvalue weighted by molar-refractivity contribution is -0.136. The van der Waals surface area contributed by atoms with Crippen molar-refractivity contribution in [1.82, 2.24) is 4.98 Å². The molecule has 0 radical (unpaired) electrons. The highest BCUT2D eigenvalue weighted by molar-refractivity contribution is 5.66. The summed E-state index contributed by atoms with van der Waals surface area (Å²) in [6.07, 6.45) is 3.89. The van der Waals surface area contributed by atoms with Gasteiger partial charge in [-0.15, -0.1) is 0 Å². The molecule has 0 amide bonds. The summed E-state index contributed by atoms with van der Waals surface area (Å²) in [5, 5.41) is 8.43. The van der Waals surface area contributed by atoms with Crippen LogP contribution < -0.4 is 0 Å². The second-order valence-corrected chi connectivity index (χ2v) is 2.88. The van der Waals surface area contributed by atoms with Crippen molar-refractivity contribution >= 4 is 5.97 Å². The highest BCUT2D eigenvalue weighted by Crippen LogP contribution is 2.06. The van der Waals surface area contributed by atoms with E-state index in [-0.39, 0.29) is 6.42 Å². The maximum absolute atomic E-state index is 10.2. The molecule has 4 nitrogen and oxygen atoms in total. The fourth-order valence-corrected chi connectivity index (χ4v) is 1.03. The first-order valence-corrected chi connectivity index (χ1v) is 4.37. The van der Waals surface area contributed by atoms with E-state index in [0.29, 0.717) is 12.3 Å². The molecule has 0 saturated carbocycles. The quantitative estimate of drug-likeness (QED) is 0.753. The van der Waals surface area contributed by atoms with Crippen molar-refractivity contribution in [3.8, 4) is 0 Å². The predicted octanol–water partition coefficient (Wildman–Crippen LogP) is 1.64. The van der Waals surface area contributed by atoms with Gasteiger partial charge in [-0.1, -0.05) is 6.92 Å². The van der Waals surface area contributed by atoms with Gasteiger partial charge in [0.2, 0.25) is 0 Å². The molecule has 0 fully saturated rings. The van der Waals surface area contributed by atoms with Crippen LogP contribution in [0.25, 0.3) is 0 Å². The molecule has 0 aliphatic heterocycles. The van der Waals surface area contributed by atoms with E-state index in [1.54, 1.807) is 0 Å². The van der Waals surface area contributed by atoms with E-state index in [0.717, 1.165) is 18.5 Å². The third-order valence-corrected chi connectivity index (χ3v) is 1.66. The number of carbonyl (C=O) groups is 1. The van der Waals surface area contributed by atoms with Crippen molar-refractivity contribution in [3.05, 3.63) is 17.8 Å². The molecule has 0 aromatic carbocycles. The summed E-state index contributed by atoms with van der Waals surface area (Å²) in [5.74, 6) is -0.108. The van der Waals surface area contributed by atoms with Crippen molar-refractivity contribution in [3.63, 3.8) is 0 Å². The molecule has 0 spiro atoms. The van der Waals surface area contributed by atoms with Gasteiger partial charge in [0, 0.05) is 12.8 Å². The van der Waals surface area contributed by atoms with Gasteiger partial charge < -0.3 is 9.52 Å². The van der Waals surface area contributed by atoms with Gasteiger partial charge in [-0.25, -0.2) is 4.98 Å². The zero-order valence-electron chi connectivity index (χ0n) is 7.62. The second-order valence-electron chi connectivity index (χ2n) is 2.88. The van der Waals surface area contributed by atoms with E-state index in [1.165, 1.54) is 6.26 Å².